The number of rotatable bonds is 4. The van der Waals surface area contributed by atoms with E-state index in [-0.39, 0.29) is 0 Å². The lowest BCUT2D eigenvalue weighted by Gasteiger charge is -2.15. The van der Waals surface area contributed by atoms with E-state index >= 15 is 0 Å². The molecule has 5 rings (SSSR count). The maximum absolute atomic E-state index is 4.57. The zero-order valence-electron chi connectivity index (χ0n) is 13.7. The molecule has 0 bridgehead atoms. The number of anilines is 2. The lowest BCUT2D eigenvalue weighted by atomic mass is 9.99. The van der Waals surface area contributed by atoms with E-state index < -0.39 is 0 Å². The predicted molar refractivity (Wildman–Crippen MR) is 96.3 cm³/mol. The van der Waals surface area contributed by atoms with Crippen molar-refractivity contribution in [3.8, 4) is 0 Å². The van der Waals surface area contributed by atoms with Gasteiger partial charge in [-0.25, -0.2) is 5.10 Å². The Morgan fingerprint density at radius 1 is 1.04 bits per heavy atom. The smallest absolute Gasteiger partial charge is 0.224 e. The van der Waals surface area contributed by atoms with E-state index in [1.165, 1.54) is 65.4 Å². The lowest BCUT2D eigenvalue weighted by Crippen LogP contribution is -2.02. The second-order valence-corrected chi connectivity index (χ2v) is 7.48. The van der Waals surface area contributed by atoms with E-state index in [4.69, 9.17) is 0 Å². The molecule has 126 valence electrons. The van der Waals surface area contributed by atoms with E-state index in [0.29, 0.717) is 11.1 Å². The summed E-state index contributed by atoms with van der Waals surface area (Å²) < 4.78 is 0. The van der Waals surface area contributed by atoms with Crippen molar-refractivity contribution in [2.45, 2.75) is 48.7 Å². The second kappa shape index (κ2) is 6.15. The number of H-pyrrole nitrogens is 1. The summed E-state index contributed by atoms with van der Waals surface area (Å²) in [5, 5.41) is 20.2. The lowest BCUT2D eigenvalue weighted by molar-refractivity contribution is 0.898. The summed E-state index contributed by atoms with van der Waals surface area (Å²) in [4.78, 5) is 4.57. The van der Waals surface area contributed by atoms with Gasteiger partial charge < -0.3 is 5.32 Å². The molecule has 0 saturated heterocycles. The molecule has 3 aromatic rings. The van der Waals surface area contributed by atoms with Crippen molar-refractivity contribution in [3.63, 3.8) is 0 Å². The van der Waals surface area contributed by atoms with Gasteiger partial charge in [0, 0.05) is 11.9 Å². The third kappa shape index (κ3) is 2.78. The molecule has 7 heteroatoms. The number of aromatic amines is 1. The summed E-state index contributed by atoms with van der Waals surface area (Å²) in [5.74, 6) is 0.695. The standard InChI is InChI=1S/C18H18N6S/c1-4-11-10-12-5-2-7-14(12)16(13(11)6-1)20-17-21-18(24-23-17)25-15-8-3-9-19-22-15/h3,8-10H,1-2,4-7H2,(H2,20,21,23,24). The van der Waals surface area contributed by atoms with Crippen molar-refractivity contribution in [1.82, 2.24) is 25.4 Å². The highest BCUT2D eigenvalue weighted by atomic mass is 32.2. The monoisotopic (exact) mass is 350 g/mol. The average Bonchev–Trinajstić information content (AvgIpc) is 3.36. The van der Waals surface area contributed by atoms with Crippen LogP contribution in [0, 0.1) is 0 Å². The Hall–Kier alpha value is -2.41. The van der Waals surface area contributed by atoms with Crippen LogP contribution in [-0.4, -0.2) is 25.4 Å². The molecule has 6 nitrogen and oxygen atoms in total. The molecule has 2 aliphatic rings. The fourth-order valence-corrected chi connectivity index (χ4v) is 4.52. The van der Waals surface area contributed by atoms with Gasteiger partial charge in [-0.2, -0.15) is 10.1 Å². The van der Waals surface area contributed by atoms with E-state index in [1.54, 1.807) is 6.20 Å². The molecule has 0 spiro atoms. The van der Waals surface area contributed by atoms with Crippen LogP contribution in [0.5, 0.6) is 0 Å². The van der Waals surface area contributed by atoms with Gasteiger partial charge in [-0.05, 0) is 84.7 Å². The van der Waals surface area contributed by atoms with Crippen molar-refractivity contribution in [2.24, 2.45) is 0 Å². The summed E-state index contributed by atoms with van der Waals surface area (Å²) in [7, 11) is 0. The molecule has 0 fully saturated rings. The molecular weight excluding hydrogens is 332 g/mol. The molecule has 0 unspecified atom stereocenters. The van der Waals surface area contributed by atoms with Crippen LogP contribution < -0.4 is 5.32 Å². The van der Waals surface area contributed by atoms with Crippen LogP contribution in [0.1, 0.15) is 35.1 Å². The molecule has 0 amide bonds. The van der Waals surface area contributed by atoms with Gasteiger partial charge in [0.15, 0.2) is 0 Å². The first kappa shape index (κ1) is 14.9. The molecule has 2 aromatic heterocycles. The van der Waals surface area contributed by atoms with Crippen LogP contribution >= 0.6 is 11.8 Å². The number of nitrogens with zero attached hydrogens (tertiary/aromatic N) is 4. The highest BCUT2D eigenvalue weighted by Crippen LogP contribution is 2.39. The quantitative estimate of drug-likeness (QED) is 0.750. The van der Waals surface area contributed by atoms with E-state index in [0.717, 1.165) is 17.9 Å². The Kier molecular flexibility index (Phi) is 3.66. The van der Waals surface area contributed by atoms with Gasteiger partial charge in [-0.1, -0.05) is 6.07 Å². The van der Waals surface area contributed by atoms with Crippen molar-refractivity contribution < 1.29 is 0 Å². The van der Waals surface area contributed by atoms with E-state index in [1.807, 2.05) is 12.1 Å². The fourth-order valence-electron chi connectivity index (χ4n) is 3.87. The topological polar surface area (TPSA) is 79.4 Å². The van der Waals surface area contributed by atoms with Crippen LogP contribution in [0.3, 0.4) is 0 Å². The van der Waals surface area contributed by atoms with Crippen molar-refractivity contribution >= 4 is 23.4 Å². The van der Waals surface area contributed by atoms with Crippen LogP contribution in [-0.2, 0) is 25.7 Å². The van der Waals surface area contributed by atoms with Gasteiger partial charge in [0.1, 0.15) is 5.03 Å². The molecule has 0 aliphatic heterocycles. The number of benzene rings is 1. The van der Waals surface area contributed by atoms with Gasteiger partial charge in [0.05, 0.1) is 0 Å². The van der Waals surface area contributed by atoms with Gasteiger partial charge in [0.2, 0.25) is 11.1 Å². The predicted octanol–water partition coefficient (Wildman–Crippen LogP) is 3.47. The first-order valence-corrected chi connectivity index (χ1v) is 9.50. The number of hydrogen-bond donors (Lipinski definition) is 2. The molecule has 2 aliphatic carbocycles. The highest BCUT2D eigenvalue weighted by molar-refractivity contribution is 7.99. The minimum Gasteiger partial charge on any atom is -0.324 e. The molecule has 0 atom stereocenters. The Bertz CT molecular complexity index is 889. The second-order valence-electron chi connectivity index (χ2n) is 6.49. The maximum atomic E-state index is 4.57. The zero-order valence-corrected chi connectivity index (χ0v) is 14.6. The molecular formula is C18H18N6S. The fraction of sp³-hybridized carbons (Fsp3) is 0.333. The van der Waals surface area contributed by atoms with Crippen LogP contribution in [0.2, 0.25) is 0 Å². The molecule has 25 heavy (non-hydrogen) atoms. The number of aryl methyl sites for hydroxylation is 2. The molecule has 2 heterocycles. The summed E-state index contributed by atoms with van der Waals surface area (Å²) in [5.41, 5.74) is 7.24. The Morgan fingerprint density at radius 2 is 1.84 bits per heavy atom. The highest BCUT2D eigenvalue weighted by Gasteiger charge is 2.24. The van der Waals surface area contributed by atoms with Gasteiger partial charge in [-0.3, -0.25) is 0 Å². The van der Waals surface area contributed by atoms with Crippen LogP contribution in [0.15, 0.2) is 34.6 Å². The van der Waals surface area contributed by atoms with E-state index in [2.05, 4.69) is 36.8 Å². The number of aromatic nitrogens is 5. The minimum absolute atomic E-state index is 0.646. The van der Waals surface area contributed by atoms with Crippen LogP contribution in [0.4, 0.5) is 11.6 Å². The van der Waals surface area contributed by atoms with Gasteiger partial charge >= 0.3 is 0 Å². The third-order valence-corrected chi connectivity index (χ3v) is 5.72. The Balaban J connectivity index is 1.43. The summed E-state index contributed by atoms with van der Waals surface area (Å²) in [6, 6.07) is 6.20. The van der Waals surface area contributed by atoms with Crippen molar-refractivity contribution in [1.29, 1.82) is 0 Å². The largest absolute Gasteiger partial charge is 0.324 e. The van der Waals surface area contributed by atoms with E-state index in [9.17, 15) is 0 Å². The van der Waals surface area contributed by atoms with Gasteiger partial charge in [-0.15, -0.1) is 10.2 Å². The maximum Gasteiger partial charge on any atom is 0.224 e. The summed E-state index contributed by atoms with van der Waals surface area (Å²) in [6.07, 6.45) is 8.85. The Labute approximate surface area is 149 Å². The zero-order chi connectivity index (χ0) is 16.6. The number of nitrogens with one attached hydrogen (secondary N) is 2. The van der Waals surface area contributed by atoms with Crippen LogP contribution in [0.25, 0.3) is 0 Å². The molecule has 2 N–H and O–H groups in total. The van der Waals surface area contributed by atoms with Crippen molar-refractivity contribution in [2.75, 3.05) is 5.32 Å². The number of hydrogen-bond acceptors (Lipinski definition) is 6. The molecule has 1 aromatic carbocycles. The van der Waals surface area contributed by atoms with Crippen molar-refractivity contribution in [3.05, 3.63) is 46.6 Å². The van der Waals surface area contributed by atoms with Gasteiger partial charge in [0.25, 0.3) is 0 Å². The minimum atomic E-state index is 0.646. The molecule has 0 saturated carbocycles. The first-order chi connectivity index (χ1) is 12.4. The summed E-state index contributed by atoms with van der Waals surface area (Å²) >= 11 is 1.40. The Morgan fingerprint density at radius 3 is 2.56 bits per heavy atom. The average molecular weight is 350 g/mol. The SMILES string of the molecule is c1cnnc(Sc2n[nH]c(Nc3c4c(cc5c3CCC5)CCC4)n2)c1. The third-order valence-electron chi connectivity index (χ3n) is 4.93. The summed E-state index contributed by atoms with van der Waals surface area (Å²) in [6.45, 7) is 0. The molecule has 0 radical (unpaired) electrons. The normalized spacial score (nSPS) is 15.2. The number of fused-ring (bicyclic) bond motifs is 2. The first-order valence-electron chi connectivity index (χ1n) is 8.68.